The minimum atomic E-state index is -0.179. The number of benzene rings is 1. The number of rotatable bonds is 3. The van der Waals surface area contributed by atoms with Crippen LogP contribution in [0.5, 0.6) is 0 Å². The third-order valence-electron chi connectivity index (χ3n) is 4.33. The Bertz CT molecular complexity index is 620. The molecule has 22 heavy (non-hydrogen) atoms. The van der Waals surface area contributed by atoms with Crippen molar-refractivity contribution in [3.63, 3.8) is 0 Å². The Morgan fingerprint density at radius 1 is 1.14 bits per heavy atom. The Hall–Kier alpha value is -2.57. The van der Waals surface area contributed by atoms with E-state index < -0.39 is 0 Å². The molecule has 2 heterocycles. The maximum absolute atomic E-state index is 8.64. The normalized spacial score (nSPS) is 20.6. The number of hydrogen-bond acceptors (Lipinski definition) is 6. The van der Waals surface area contributed by atoms with Gasteiger partial charge in [0, 0.05) is 31.4 Å². The van der Waals surface area contributed by atoms with Crippen molar-refractivity contribution >= 4 is 17.1 Å². The predicted octanol–water partition coefficient (Wildman–Crippen LogP) is 1.79. The van der Waals surface area contributed by atoms with E-state index in [1.807, 2.05) is 12.1 Å². The Kier molecular flexibility index (Phi) is 4.22. The summed E-state index contributed by atoms with van der Waals surface area (Å²) >= 11 is 0. The maximum atomic E-state index is 8.64. The first-order valence-electron chi connectivity index (χ1n) is 7.53. The quantitative estimate of drug-likeness (QED) is 0.679. The first-order valence-corrected chi connectivity index (χ1v) is 7.53. The summed E-state index contributed by atoms with van der Waals surface area (Å²) in [6.45, 7) is 4.55. The minimum Gasteiger partial charge on any atom is -0.369 e. The van der Waals surface area contributed by atoms with Crippen molar-refractivity contribution in [3.05, 3.63) is 24.3 Å². The van der Waals surface area contributed by atoms with E-state index >= 15 is 0 Å². The fraction of sp³-hybridized carbons (Fsp3) is 0.438. The van der Waals surface area contributed by atoms with E-state index in [9.17, 15) is 0 Å². The average molecular weight is 294 g/mol. The molecule has 1 N–H and O–H groups in total. The van der Waals surface area contributed by atoms with Gasteiger partial charge in [-0.15, -0.1) is 0 Å². The van der Waals surface area contributed by atoms with Crippen molar-refractivity contribution in [2.24, 2.45) is 5.10 Å². The third kappa shape index (κ3) is 3.03. The van der Waals surface area contributed by atoms with Crippen LogP contribution in [0.4, 0.5) is 11.4 Å². The Morgan fingerprint density at radius 3 is 2.64 bits per heavy atom. The van der Waals surface area contributed by atoms with Gasteiger partial charge in [-0.25, -0.2) is 0 Å². The molecule has 1 aromatic carbocycles. The molecule has 0 aromatic heterocycles. The molecule has 6 heteroatoms. The lowest BCUT2D eigenvalue weighted by molar-refractivity contribution is 0.231. The van der Waals surface area contributed by atoms with Crippen molar-refractivity contribution in [1.29, 1.82) is 10.5 Å². The molecule has 2 aliphatic heterocycles. The van der Waals surface area contributed by atoms with E-state index in [-0.39, 0.29) is 5.71 Å². The number of fused-ring (bicyclic) bond motifs is 1. The predicted molar refractivity (Wildman–Crippen MR) is 85.5 cm³/mol. The molecule has 1 aromatic rings. The number of hydrazone groups is 1. The highest BCUT2D eigenvalue weighted by atomic mass is 15.3. The highest BCUT2D eigenvalue weighted by molar-refractivity contribution is 6.10. The number of nitriles is 2. The lowest BCUT2D eigenvalue weighted by Gasteiger charge is -2.38. The summed E-state index contributed by atoms with van der Waals surface area (Å²) in [6.07, 6.45) is 2.62. The van der Waals surface area contributed by atoms with Crippen LogP contribution in [0.15, 0.2) is 29.4 Å². The van der Waals surface area contributed by atoms with E-state index in [2.05, 4.69) is 32.5 Å². The Labute approximate surface area is 130 Å². The van der Waals surface area contributed by atoms with Crippen LogP contribution < -0.4 is 10.3 Å². The number of anilines is 2. The van der Waals surface area contributed by atoms with Gasteiger partial charge in [0.2, 0.25) is 5.71 Å². The lowest BCUT2D eigenvalue weighted by Crippen LogP contribution is -2.50. The zero-order valence-electron chi connectivity index (χ0n) is 12.4. The van der Waals surface area contributed by atoms with Gasteiger partial charge in [-0.2, -0.15) is 15.6 Å². The van der Waals surface area contributed by atoms with Gasteiger partial charge < -0.3 is 4.90 Å². The summed E-state index contributed by atoms with van der Waals surface area (Å²) in [6, 6.07) is 12.1. The van der Waals surface area contributed by atoms with Crippen LogP contribution in [0.2, 0.25) is 0 Å². The van der Waals surface area contributed by atoms with Gasteiger partial charge in [-0.3, -0.25) is 10.3 Å². The van der Waals surface area contributed by atoms with Gasteiger partial charge in [0.05, 0.1) is 5.69 Å². The minimum absolute atomic E-state index is 0.179. The number of hydrogen-bond donors (Lipinski definition) is 1. The van der Waals surface area contributed by atoms with Crippen molar-refractivity contribution in [2.75, 3.05) is 36.5 Å². The van der Waals surface area contributed by atoms with Crippen molar-refractivity contribution in [3.8, 4) is 12.1 Å². The second-order valence-electron chi connectivity index (χ2n) is 5.62. The van der Waals surface area contributed by atoms with Crippen LogP contribution in [0.25, 0.3) is 0 Å². The summed E-state index contributed by atoms with van der Waals surface area (Å²) < 4.78 is 0. The van der Waals surface area contributed by atoms with Crippen LogP contribution in [-0.2, 0) is 0 Å². The maximum Gasteiger partial charge on any atom is 0.237 e. The molecule has 2 aliphatic rings. The summed E-state index contributed by atoms with van der Waals surface area (Å²) in [7, 11) is 0. The van der Waals surface area contributed by atoms with Crippen molar-refractivity contribution in [2.45, 2.75) is 18.9 Å². The summed E-state index contributed by atoms with van der Waals surface area (Å²) in [4.78, 5) is 5.02. The van der Waals surface area contributed by atoms with Crippen LogP contribution in [-0.4, -0.2) is 42.8 Å². The van der Waals surface area contributed by atoms with Crippen LogP contribution in [0, 0.1) is 22.7 Å². The van der Waals surface area contributed by atoms with Crippen molar-refractivity contribution in [1.82, 2.24) is 4.90 Å². The number of nitrogens with one attached hydrogen (secondary N) is 1. The summed E-state index contributed by atoms with van der Waals surface area (Å²) in [5.74, 6) is 0. The molecular formula is C16H18N6. The molecule has 112 valence electrons. The largest absolute Gasteiger partial charge is 0.369 e. The van der Waals surface area contributed by atoms with Gasteiger partial charge in [0.25, 0.3) is 0 Å². The van der Waals surface area contributed by atoms with E-state index in [0.717, 1.165) is 25.3 Å². The fourth-order valence-electron chi connectivity index (χ4n) is 3.17. The first kappa shape index (κ1) is 14.4. The molecule has 0 bridgehead atoms. The molecule has 0 aliphatic carbocycles. The van der Waals surface area contributed by atoms with Crippen molar-refractivity contribution < 1.29 is 0 Å². The Balaban J connectivity index is 1.63. The van der Waals surface area contributed by atoms with Gasteiger partial charge in [-0.05, 0) is 43.7 Å². The number of nitrogens with zero attached hydrogens (tertiary/aromatic N) is 5. The standard InChI is InChI=1S/C16H18N6/c17-10-14(11-18)20-19-13-3-5-15(6-4-13)22-9-8-21-7-1-2-16(21)12-22/h3-6,16,19H,1-2,7-9,12H2. The second kappa shape index (κ2) is 6.46. The molecule has 0 amide bonds. The zero-order valence-corrected chi connectivity index (χ0v) is 12.4. The number of piperazine rings is 1. The second-order valence-corrected chi connectivity index (χ2v) is 5.62. The molecule has 1 unspecified atom stereocenters. The first-order chi connectivity index (χ1) is 10.8. The molecule has 0 saturated carbocycles. The molecule has 6 nitrogen and oxygen atoms in total. The lowest BCUT2D eigenvalue weighted by atomic mass is 10.1. The van der Waals surface area contributed by atoms with Crippen LogP contribution in [0.3, 0.4) is 0 Å². The average Bonchev–Trinajstić information content (AvgIpc) is 3.04. The van der Waals surface area contributed by atoms with Gasteiger partial charge in [-0.1, -0.05) is 0 Å². The fourth-order valence-corrected chi connectivity index (χ4v) is 3.17. The van der Waals surface area contributed by atoms with Gasteiger partial charge in [0.15, 0.2) is 0 Å². The van der Waals surface area contributed by atoms with Gasteiger partial charge >= 0.3 is 0 Å². The van der Waals surface area contributed by atoms with Gasteiger partial charge in [0.1, 0.15) is 12.1 Å². The smallest absolute Gasteiger partial charge is 0.237 e. The molecular weight excluding hydrogens is 276 g/mol. The van der Waals surface area contributed by atoms with E-state index in [1.54, 1.807) is 12.1 Å². The SMILES string of the molecule is N#CC(C#N)=NNc1ccc(N2CCN3CCCC3C2)cc1. The highest BCUT2D eigenvalue weighted by Crippen LogP contribution is 2.26. The topological polar surface area (TPSA) is 78.4 Å². The molecule has 2 fully saturated rings. The molecule has 3 rings (SSSR count). The molecule has 2 saturated heterocycles. The third-order valence-corrected chi connectivity index (χ3v) is 4.33. The molecule has 1 atom stereocenters. The summed E-state index contributed by atoms with van der Waals surface area (Å²) in [5.41, 5.74) is 4.53. The van der Waals surface area contributed by atoms with E-state index in [1.165, 1.54) is 25.1 Å². The highest BCUT2D eigenvalue weighted by Gasteiger charge is 2.30. The van der Waals surface area contributed by atoms with Crippen LogP contribution in [0.1, 0.15) is 12.8 Å². The monoisotopic (exact) mass is 294 g/mol. The molecule has 0 radical (unpaired) electrons. The molecule has 0 spiro atoms. The van der Waals surface area contributed by atoms with E-state index in [4.69, 9.17) is 10.5 Å². The summed E-state index contributed by atoms with van der Waals surface area (Å²) in [5, 5.41) is 21.0. The van der Waals surface area contributed by atoms with Crippen LogP contribution >= 0.6 is 0 Å². The zero-order chi connectivity index (χ0) is 15.4. The van der Waals surface area contributed by atoms with E-state index in [0.29, 0.717) is 6.04 Å². The Morgan fingerprint density at radius 2 is 1.91 bits per heavy atom.